The molecule has 2 aromatic heterocycles. The van der Waals surface area contributed by atoms with Gasteiger partial charge in [0.2, 0.25) is 41.4 Å². The monoisotopic (exact) mass is 770 g/mol. The number of nitrogens with zero attached hydrogens (tertiary/aromatic N) is 4. The molecule has 4 rings (SSSR count). The summed E-state index contributed by atoms with van der Waals surface area (Å²) in [6, 6.07) is -6.66. The van der Waals surface area contributed by atoms with Crippen LogP contribution in [0.15, 0.2) is 25.0 Å². The molecule has 2 aliphatic rings. The number of primary amides is 1. The van der Waals surface area contributed by atoms with Crippen molar-refractivity contribution < 1.29 is 43.5 Å². The Bertz CT molecular complexity index is 1680. The van der Waals surface area contributed by atoms with Crippen molar-refractivity contribution in [1.29, 1.82) is 0 Å². The van der Waals surface area contributed by atoms with E-state index in [0.29, 0.717) is 43.6 Å². The molecular weight excluding hydrogens is 720 g/mol. The molecule has 2 aliphatic heterocycles. The third kappa shape index (κ3) is 11.8. The van der Waals surface area contributed by atoms with Crippen LogP contribution in [-0.4, -0.2) is 138 Å². The van der Waals surface area contributed by atoms with Crippen LogP contribution in [0, 0.1) is 5.92 Å². The van der Waals surface area contributed by atoms with Gasteiger partial charge in [-0.1, -0.05) is 13.8 Å². The highest BCUT2D eigenvalue weighted by Gasteiger charge is 2.43. The highest BCUT2D eigenvalue weighted by Crippen LogP contribution is 2.26. The summed E-state index contributed by atoms with van der Waals surface area (Å²) in [5, 5.41) is 19.3. The number of carbonyl (C=O) groups is 8. The maximum absolute atomic E-state index is 13.8. The average Bonchev–Trinajstić information content (AvgIpc) is 3.97. The molecule has 2 aromatic rings. The molecule has 6 atom stereocenters. The number of amides is 7. The Labute approximate surface area is 316 Å². The van der Waals surface area contributed by atoms with Gasteiger partial charge in [0.05, 0.1) is 31.7 Å². The van der Waals surface area contributed by atoms with E-state index in [-0.39, 0.29) is 43.5 Å². The van der Waals surface area contributed by atoms with Gasteiger partial charge in [0, 0.05) is 49.7 Å². The number of imidazole rings is 2. The number of nitrogens with two attached hydrogens (primary N) is 2. The van der Waals surface area contributed by atoms with Gasteiger partial charge >= 0.3 is 5.97 Å². The van der Waals surface area contributed by atoms with Crippen molar-refractivity contribution in [2.24, 2.45) is 17.4 Å². The minimum absolute atomic E-state index is 0.0807. The smallest absolute Gasteiger partial charge is 0.326 e. The van der Waals surface area contributed by atoms with Gasteiger partial charge in [-0.25, -0.2) is 14.8 Å². The first-order valence-electron chi connectivity index (χ1n) is 18.1. The summed E-state index contributed by atoms with van der Waals surface area (Å²) in [5.41, 5.74) is 12.6. The fourth-order valence-electron chi connectivity index (χ4n) is 6.72. The summed E-state index contributed by atoms with van der Waals surface area (Å²) < 4.78 is 0. The fraction of sp³-hybridized carbons (Fsp3) is 0.588. The fourth-order valence-corrected chi connectivity index (χ4v) is 6.72. The van der Waals surface area contributed by atoms with E-state index in [0.717, 1.165) is 0 Å². The first-order chi connectivity index (χ1) is 26.1. The van der Waals surface area contributed by atoms with Crippen molar-refractivity contribution in [2.45, 2.75) is 101 Å². The van der Waals surface area contributed by atoms with Gasteiger partial charge in [-0.2, -0.15) is 0 Å². The molecule has 0 aromatic carbocycles. The summed E-state index contributed by atoms with van der Waals surface area (Å²) in [7, 11) is 0. The lowest BCUT2D eigenvalue weighted by Gasteiger charge is -2.32. The molecule has 0 unspecified atom stereocenters. The number of likely N-dealkylation sites (tertiary alicyclic amines) is 2. The van der Waals surface area contributed by atoms with Crippen molar-refractivity contribution in [2.75, 3.05) is 19.6 Å². The largest absolute Gasteiger partial charge is 0.480 e. The van der Waals surface area contributed by atoms with Crippen molar-refractivity contribution >= 4 is 47.3 Å². The molecule has 55 heavy (non-hydrogen) atoms. The van der Waals surface area contributed by atoms with Crippen molar-refractivity contribution in [3.63, 3.8) is 0 Å². The normalized spacial score (nSPS) is 18.9. The summed E-state index contributed by atoms with van der Waals surface area (Å²) >= 11 is 0. The second-order valence-electron chi connectivity index (χ2n) is 14.1. The van der Waals surface area contributed by atoms with Crippen molar-refractivity contribution in [1.82, 2.24) is 51.0 Å². The van der Waals surface area contributed by atoms with Crippen molar-refractivity contribution in [3.05, 3.63) is 36.4 Å². The van der Waals surface area contributed by atoms with E-state index < -0.39 is 84.7 Å². The van der Waals surface area contributed by atoms with Crippen LogP contribution < -0.4 is 32.7 Å². The average molecular weight is 771 g/mol. The molecule has 4 heterocycles. The lowest BCUT2D eigenvalue weighted by Crippen LogP contribution is -2.58. The van der Waals surface area contributed by atoms with E-state index in [1.54, 1.807) is 6.20 Å². The Morgan fingerprint density at radius 1 is 0.836 bits per heavy atom. The van der Waals surface area contributed by atoms with Gasteiger partial charge in [-0.05, 0) is 38.0 Å². The lowest BCUT2D eigenvalue weighted by molar-refractivity contribution is -0.147. The number of rotatable bonds is 19. The quantitative estimate of drug-likeness (QED) is 0.0683. The highest BCUT2D eigenvalue weighted by atomic mass is 16.4. The van der Waals surface area contributed by atoms with E-state index in [1.807, 2.05) is 13.8 Å². The van der Waals surface area contributed by atoms with E-state index in [9.17, 15) is 43.5 Å². The third-order valence-corrected chi connectivity index (χ3v) is 9.39. The van der Waals surface area contributed by atoms with Crippen LogP contribution in [0.3, 0.4) is 0 Å². The molecule has 0 bridgehead atoms. The molecule has 21 heteroatoms. The van der Waals surface area contributed by atoms with E-state index >= 15 is 0 Å². The van der Waals surface area contributed by atoms with Crippen molar-refractivity contribution in [3.8, 4) is 0 Å². The molecule has 11 N–H and O–H groups in total. The summed E-state index contributed by atoms with van der Waals surface area (Å²) in [6.45, 7) is 3.63. The number of hydrogen-bond donors (Lipinski definition) is 9. The number of hydrogen-bond acceptors (Lipinski definition) is 11. The van der Waals surface area contributed by atoms with Crippen LogP contribution in [-0.2, 0) is 51.2 Å². The molecule has 2 saturated heterocycles. The molecule has 21 nitrogen and oxygen atoms in total. The van der Waals surface area contributed by atoms with Crippen LogP contribution >= 0.6 is 0 Å². The predicted molar refractivity (Wildman–Crippen MR) is 192 cm³/mol. The highest BCUT2D eigenvalue weighted by molar-refractivity contribution is 5.97. The molecule has 0 radical (unpaired) electrons. The number of carboxylic acids is 1. The van der Waals surface area contributed by atoms with Gasteiger partial charge in [-0.15, -0.1) is 0 Å². The van der Waals surface area contributed by atoms with Gasteiger partial charge in [0.25, 0.3) is 0 Å². The van der Waals surface area contributed by atoms with Gasteiger partial charge < -0.3 is 57.6 Å². The Balaban J connectivity index is 1.34. The van der Waals surface area contributed by atoms with Gasteiger partial charge in [0.1, 0.15) is 30.2 Å². The number of aromatic amines is 2. The number of nitrogens with one attached hydrogen (secondary N) is 6. The lowest BCUT2D eigenvalue weighted by atomic mass is 10.0. The van der Waals surface area contributed by atoms with Gasteiger partial charge in [0.15, 0.2) is 0 Å². The first kappa shape index (κ1) is 41.9. The topological polar surface area (TPSA) is 321 Å². The second kappa shape index (κ2) is 19.5. The maximum Gasteiger partial charge on any atom is 0.326 e. The molecule has 0 saturated carbocycles. The van der Waals surface area contributed by atoms with Crippen LogP contribution in [0.1, 0.15) is 63.8 Å². The van der Waals surface area contributed by atoms with Crippen LogP contribution in [0.2, 0.25) is 0 Å². The minimum Gasteiger partial charge on any atom is -0.480 e. The summed E-state index contributed by atoms with van der Waals surface area (Å²) in [5.74, 6) is -6.32. The van der Waals surface area contributed by atoms with E-state index in [1.165, 1.54) is 28.7 Å². The number of carboxylic acid groups (broad SMARTS) is 1. The summed E-state index contributed by atoms with van der Waals surface area (Å²) in [4.78, 5) is 120. The Kier molecular flexibility index (Phi) is 14.8. The third-order valence-electron chi connectivity index (χ3n) is 9.39. The zero-order chi connectivity index (χ0) is 40.2. The SMILES string of the molecule is CC(C)C[C@H](NC(=O)[C@@H]1CCCN1C(=O)[C@@H]1CCCN1C(=O)[C@@H](N)Cc1cnc[nH]1)C(=O)NCC(=O)N[C@@H](CC(N)=O)C(=O)N[C@@H](Cc1cnc[nH]1)C(=O)O. The second-order valence-corrected chi connectivity index (χ2v) is 14.1. The molecule has 300 valence electrons. The number of aromatic nitrogens is 4. The number of aliphatic carboxylic acids is 1. The molecule has 0 aliphatic carbocycles. The minimum atomic E-state index is -1.55. The van der Waals surface area contributed by atoms with Crippen LogP contribution in [0.5, 0.6) is 0 Å². The Hall–Kier alpha value is -5.86. The molecular formula is C34H50N12O9. The summed E-state index contributed by atoms with van der Waals surface area (Å²) in [6.07, 6.45) is 7.22. The van der Waals surface area contributed by atoms with Crippen LogP contribution in [0.25, 0.3) is 0 Å². The standard InChI is InChI=1S/C34H50N12O9/c1-18(2)9-22(29(49)39-15-28(48)42-23(12-27(36)47)30(50)44-24(34(54)55)11-20-14-38-17-41-20)43-31(51)25-5-3-7-45(25)33(53)26-6-4-8-46(26)32(52)21(35)10-19-13-37-16-40-19/h13-14,16-18,21-26H,3-12,15,35H2,1-2H3,(H2,36,47)(H,37,40)(H,38,41)(H,39,49)(H,42,48)(H,43,51)(H,44,50)(H,54,55)/t21-,22-,23-,24-,25-,26-/m0/s1. The van der Waals surface area contributed by atoms with Gasteiger partial charge in [-0.3, -0.25) is 33.6 Å². The Morgan fingerprint density at radius 2 is 1.45 bits per heavy atom. The number of H-pyrrole nitrogens is 2. The number of carbonyl (C=O) groups excluding carboxylic acids is 7. The zero-order valence-corrected chi connectivity index (χ0v) is 30.8. The Morgan fingerprint density at radius 3 is 2.04 bits per heavy atom. The first-order valence-corrected chi connectivity index (χ1v) is 18.1. The molecule has 0 spiro atoms. The maximum atomic E-state index is 13.8. The van der Waals surface area contributed by atoms with E-state index in [2.05, 4.69) is 41.2 Å². The predicted octanol–water partition coefficient (Wildman–Crippen LogP) is -3.20. The molecule has 7 amide bonds. The van der Waals surface area contributed by atoms with E-state index in [4.69, 9.17) is 11.5 Å². The molecule has 2 fully saturated rings. The van der Waals surface area contributed by atoms with Crippen LogP contribution in [0.4, 0.5) is 0 Å². The zero-order valence-electron chi connectivity index (χ0n) is 30.8.